The third kappa shape index (κ3) is 5.14. The van der Waals surface area contributed by atoms with Gasteiger partial charge in [-0.15, -0.1) is 0 Å². The SMILES string of the molecule is COc1cc(OC)cc(C(=O)N/N=C/CCc2ccccc2)c1. The summed E-state index contributed by atoms with van der Waals surface area (Å²) in [6.07, 6.45) is 3.33. The first-order valence-corrected chi connectivity index (χ1v) is 7.32. The smallest absolute Gasteiger partial charge is 0.271 e. The van der Waals surface area contributed by atoms with Crippen LogP contribution < -0.4 is 14.9 Å². The van der Waals surface area contributed by atoms with Gasteiger partial charge in [-0.3, -0.25) is 4.79 Å². The number of carbonyl (C=O) groups is 1. The Bertz CT molecular complexity index is 647. The summed E-state index contributed by atoms with van der Waals surface area (Å²) in [5.41, 5.74) is 4.18. The second-order valence-corrected chi connectivity index (χ2v) is 4.88. The Hall–Kier alpha value is -2.82. The molecule has 0 aromatic heterocycles. The lowest BCUT2D eigenvalue weighted by atomic mass is 10.1. The largest absolute Gasteiger partial charge is 0.497 e. The second kappa shape index (κ2) is 8.58. The number of nitrogens with zero attached hydrogens (tertiary/aromatic N) is 1. The Morgan fingerprint density at radius 3 is 2.35 bits per heavy atom. The molecule has 0 atom stereocenters. The van der Waals surface area contributed by atoms with Crippen LogP contribution in [0.25, 0.3) is 0 Å². The Morgan fingerprint density at radius 1 is 1.09 bits per heavy atom. The maximum Gasteiger partial charge on any atom is 0.271 e. The van der Waals surface area contributed by atoms with Crippen molar-refractivity contribution in [1.29, 1.82) is 0 Å². The molecule has 0 saturated carbocycles. The molecule has 0 bridgehead atoms. The number of rotatable bonds is 7. The molecule has 2 rings (SSSR count). The van der Waals surface area contributed by atoms with E-state index in [1.807, 2.05) is 18.2 Å². The van der Waals surface area contributed by atoms with Crippen molar-refractivity contribution in [3.63, 3.8) is 0 Å². The fraction of sp³-hybridized carbons (Fsp3) is 0.222. The van der Waals surface area contributed by atoms with E-state index >= 15 is 0 Å². The molecular weight excluding hydrogens is 292 g/mol. The highest BCUT2D eigenvalue weighted by atomic mass is 16.5. The zero-order valence-corrected chi connectivity index (χ0v) is 13.3. The van der Waals surface area contributed by atoms with Crippen LogP contribution in [0.2, 0.25) is 0 Å². The van der Waals surface area contributed by atoms with Gasteiger partial charge < -0.3 is 9.47 Å². The number of amides is 1. The quantitative estimate of drug-likeness (QED) is 0.631. The van der Waals surface area contributed by atoms with Crippen LogP contribution in [0.3, 0.4) is 0 Å². The lowest BCUT2D eigenvalue weighted by molar-refractivity contribution is 0.0954. The highest BCUT2D eigenvalue weighted by Gasteiger charge is 2.08. The minimum absolute atomic E-state index is 0.307. The van der Waals surface area contributed by atoms with Crippen molar-refractivity contribution in [2.45, 2.75) is 12.8 Å². The molecule has 0 fully saturated rings. The molecule has 0 aliphatic rings. The van der Waals surface area contributed by atoms with Gasteiger partial charge in [0.05, 0.1) is 14.2 Å². The maximum atomic E-state index is 12.1. The van der Waals surface area contributed by atoms with Gasteiger partial charge in [-0.05, 0) is 30.5 Å². The molecule has 0 radical (unpaired) electrons. The van der Waals surface area contributed by atoms with Crippen LogP contribution in [0.1, 0.15) is 22.3 Å². The van der Waals surface area contributed by atoms with Crippen molar-refractivity contribution in [1.82, 2.24) is 5.43 Å². The lowest BCUT2D eigenvalue weighted by Gasteiger charge is -2.07. The van der Waals surface area contributed by atoms with E-state index in [1.54, 1.807) is 24.4 Å². The van der Waals surface area contributed by atoms with E-state index in [1.165, 1.54) is 19.8 Å². The van der Waals surface area contributed by atoms with Gasteiger partial charge in [0.15, 0.2) is 0 Å². The first kappa shape index (κ1) is 16.5. The van der Waals surface area contributed by atoms with E-state index in [0.717, 1.165) is 12.8 Å². The van der Waals surface area contributed by atoms with Gasteiger partial charge in [-0.1, -0.05) is 30.3 Å². The van der Waals surface area contributed by atoms with Gasteiger partial charge in [0.25, 0.3) is 5.91 Å². The molecule has 2 aromatic carbocycles. The normalized spacial score (nSPS) is 10.5. The summed E-state index contributed by atoms with van der Waals surface area (Å²) >= 11 is 0. The summed E-state index contributed by atoms with van der Waals surface area (Å²) in [4.78, 5) is 12.1. The van der Waals surface area contributed by atoms with Crippen LogP contribution in [-0.4, -0.2) is 26.3 Å². The maximum absolute atomic E-state index is 12.1. The molecule has 2 aromatic rings. The standard InChI is InChI=1S/C18H20N2O3/c1-22-16-11-15(12-17(13-16)23-2)18(21)20-19-10-6-9-14-7-4-3-5-8-14/h3-5,7-8,10-13H,6,9H2,1-2H3,(H,20,21)/b19-10+. The summed E-state index contributed by atoms with van der Waals surface area (Å²) in [6.45, 7) is 0. The summed E-state index contributed by atoms with van der Waals surface area (Å²) in [6, 6.07) is 15.1. The Labute approximate surface area is 135 Å². The number of aryl methyl sites for hydroxylation is 1. The zero-order chi connectivity index (χ0) is 16.5. The minimum atomic E-state index is -0.307. The predicted molar refractivity (Wildman–Crippen MR) is 90.3 cm³/mol. The lowest BCUT2D eigenvalue weighted by Crippen LogP contribution is -2.17. The molecule has 0 saturated heterocycles. The van der Waals surface area contributed by atoms with Crippen LogP contribution >= 0.6 is 0 Å². The number of hydrazone groups is 1. The van der Waals surface area contributed by atoms with E-state index in [9.17, 15) is 4.79 Å². The Balaban J connectivity index is 1.88. The van der Waals surface area contributed by atoms with Crippen molar-refractivity contribution in [2.24, 2.45) is 5.10 Å². The fourth-order valence-corrected chi connectivity index (χ4v) is 2.05. The van der Waals surface area contributed by atoms with Crippen molar-refractivity contribution in [2.75, 3.05) is 14.2 Å². The Morgan fingerprint density at radius 2 is 1.74 bits per heavy atom. The molecule has 23 heavy (non-hydrogen) atoms. The number of hydrogen-bond acceptors (Lipinski definition) is 4. The van der Waals surface area contributed by atoms with E-state index in [0.29, 0.717) is 17.1 Å². The zero-order valence-electron chi connectivity index (χ0n) is 13.3. The average molecular weight is 312 g/mol. The molecule has 0 aliphatic heterocycles. The van der Waals surface area contributed by atoms with E-state index in [4.69, 9.17) is 9.47 Å². The van der Waals surface area contributed by atoms with E-state index in [-0.39, 0.29) is 5.91 Å². The fourth-order valence-electron chi connectivity index (χ4n) is 2.05. The molecule has 0 aliphatic carbocycles. The summed E-state index contributed by atoms with van der Waals surface area (Å²) in [5, 5.41) is 3.97. The first-order valence-electron chi connectivity index (χ1n) is 7.32. The molecule has 1 N–H and O–H groups in total. The van der Waals surface area contributed by atoms with Crippen LogP contribution in [0.5, 0.6) is 11.5 Å². The topological polar surface area (TPSA) is 59.9 Å². The number of nitrogens with one attached hydrogen (secondary N) is 1. The van der Waals surface area contributed by atoms with Gasteiger partial charge in [0.2, 0.25) is 0 Å². The van der Waals surface area contributed by atoms with Gasteiger partial charge in [0, 0.05) is 17.8 Å². The first-order chi connectivity index (χ1) is 11.2. The van der Waals surface area contributed by atoms with Crippen LogP contribution in [0.4, 0.5) is 0 Å². The van der Waals surface area contributed by atoms with Gasteiger partial charge in [-0.25, -0.2) is 5.43 Å². The third-order valence-corrected chi connectivity index (χ3v) is 3.28. The minimum Gasteiger partial charge on any atom is -0.497 e. The monoisotopic (exact) mass is 312 g/mol. The number of methoxy groups -OCH3 is 2. The highest BCUT2D eigenvalue weighted by molar-refractivity contribution is 5.95. The Kier molecular flexibility index (Phi) is 6.17. The number of carbonyl (C=O) groups excluding carboxylic acids is 1. The third-order valence-electron chi connectivity index (χ3n) is 3.28. The number of ether oxygens (including phenoxy) is 2. The van der Waals surface area contributed by atoms with Crippen molar-refractivity contribution in [3.8, 4) is 11.5 Å². The molecule has 0 spiro atoms. The molecule has 0 unspecified atom stereocenters. The summed E-state index contributed by atoms with van der Waals surface area (Å²) in [7, 11) is 3.08. The van der Waals surface area contributed by atoms with Crippen LogP contribution in [0.15, 0.2) is 53.6 Å². The van der Waals surface area contributed by atoms with E-state index < -0.39 is 0 Å². The molecular formula is C18H20N2O3. The van der Waals surface area contributed by atoms with Crippen molar-refractivity contribution >= 4 is 12.1 Å². The molecule has 5 nitrogen and oxygen atoms in total. The number of hydrogen-bond donors (Lipinski definition) is 1. The van der Waals surface area contributed by atoms with Crippen LogP contribution in [-0.2, 0) is 6.42 Å². The van der Waals surface area contributed by atoms with Gasteiger partial charge in [0.1, 0.15) is 11.5 Å². The molecule has 120 valence electrons. The summed E-state index contributed by atoms with van der Waals surface area (Å²) < 4.78 is 10.3. The predicted octanol–water partition coefficient (Wildman–Crippen LogP) is 3.05. The average Bonchev–Trinajstić information content (AvgIpc) is 2.61. The summed E-state index contributed by atoms with van der Waals surface area (Å²) in [5.74, 6) is 0.809. The van der Waals surface area contributed by atoms with E-state index in [2.05, 4.69) is 22.7 Å². The van der Waals surface area contributed by atoms with Gasteiger partial charge >= 0.3 is 0 Å². The van der Waals surface area contributed by atoms with Crippen LogP contribution in [0, 0.1) is 0 Å². The van der Waals surface area contributed by atoms with Crippen molar-refractivity contribution in [3.05, 3.63) is 59.7 Å². The molecule has 0 heterocycles. The van der Waals surface area contributed by atoms with Crippen molar-refractivity contribution < 1.29 is 14.3 Å². The van der Waals surface area contributed by atoms with Gasteiger partial charge in [-0.2, -0.15) is 5.10 Å². The number of benzene rings is 2. The molecule has 1 amide bonds. The molecule has 5 heteroatoms. The highest BCUT2D eigenvalue weighted by Crippen LogP contribution is 2.22. The second-order valence-electron chi connectivity index (χ2n) is 4.88.